The third-order valence-electron chi connectivity index (χ3n) is 2.67. The Bertz CT molecular complexity index is 596. The number of hydrogen-bond donors (Lipinski definition) is 2. The molecule has 0 saturated heterocycles. The molecule has 4 nitrogen and oxygen atoms in total. The maximum atomic E-state index is 12.7. The number of anilines is 2. The van der Waals surface area contributed by atoms with Gasteiger partial charge in [-0.2, -0.15) is 0 Å². The number of hydrogen-bond acceptors (Lipinski definition) is 3. The van der Waals surface area contributed by atoms with Crippen molar-refractivity contribution in [1.29, 1.82) is 0 Å². The van der Waals surface area contributed by atoms with Crippen LogP contribution in [-0.4, -0.2) is 10.9 Å². The van der Waals surface area contributed by atoms with Crippen LogP contribution in [0.25, 0.3) is 0 Å². The summed E-state index contributed by atoms with van der Waals surface area (Å²) >= 11 is 0. The molecule has 2 aromatic rings. The third-order valence-corrected chi connectivity index (χ3v) is 2.67. The van der Waals surface area contributed by atoms with Crippen LogP contribution in [0, 0.1) is 12.7 Å². The van der Waals surface area contributed by atoms with Crippen LogP contribution in [0.1, 0.15) is 11.3 Å². The Morgan fingerprint density at radius 2 is 1.95 bits per heavy atom. The molecule has 1 heterocycles. The van der Waals surface area contributed by atoms with E-state index in [-0.39, 0.29) is 18.1 Å². The molecule has 1 amide bonds. The first-order valence-electron chi connectivity index (χ1n) is 5.82. The molecule has 0 aliphatic rings. The molecule has 0 unspecified atom stereocenters. The molecule has 0 spiro atoms. The second kappa shape index (κ2) is 5.48. The number of carbonyl (C=O) groups is 1. The molecule has 1 aromatic carbocycles. The first kappa shape index (κ1) is 13.0. The molecule has 0 fully saturated rings. The lowest BCUT2D eigenvalue weighted by atomic mass is 10.1. The number of rotatable bonds is 3. The van der Waals surface area contributed by atoms with Gasteiger partial charge in [0.15, 0.2) is 0 Å². The Hall–Kier alpha value is -2.43. The van der Waals surface area contributed by atoms with Crippen molar-refractivity contribution >= 4 is 17.4 Å². The van der Waals surface area contributed by atoms with Crippen LogP contribution in [0.5, 0.6) is 0 Å². The van der Waals surface area contributed by atoms with Crippen molar-refractivity contribution in [3.8, 4) is 0 Å². The standard InChI is InChI=1S/C14H14FN3O/c1-9-12(16)6-7-13(17-9)18-14(19)8-10-2-4-11(15)5-3-10/h2-7H,8,16H2,1H3,(H,17,18,19). The van der Waals surface area contributed by atoms with Gasteiger partial charge in [0.05, 0.1) is 17.8 Å². The average molecular weight is 259 g/mol. The Labute approximate surface area is 110 Å². The van der Waals surface area contributed by atoms with Gasteiger partial charge in [-0.1, -0.05) is 12.1 Å². The van der Waals surface area contributed by atoms with E-state index in [1.165, 1.54) is 12.1 Å². The minimum atomic E-state index is -0.319. The third kappa shape index (κ3) is 3.51. The molecular weight excluding hydrogens is 245 g/mol. The molecule has 3 N–H and O–H groups in total. The highest BCUT2D eigenvalue weighted by molar-refractivity contribution is 5.91. The van der Waals surface area contributed by atoms with Crippen LogP contribution in [0.4, 0.5) is 15.9 Å². The number of nitrogens with one attached hydrogen (secondary N) is 1. The zero-order valence-corrected chi connectivity index (χ0v) is 10.5. The van der Waals surface area contributed by atoms with E-state index in [1.54, 1.807) is 31.2 Å². The van der Waals surface area contributed by atoms with Gasteiger partial charge in [-0.3, -0.25) is 4.79 Å². The molecule has 1 aromatic heterocycles. The number of halogens is 1. The molecule has 0 radical (unpaired) electrons. The van der Waals surface area contributed by atoms with E-state index < -0.39 is 0 Å². The topological polar surface area (TPSA) is 68.0 Å². The number of benzene rings is 1. The largest absolute Gasteiger partial charge is 0.397 e. The van der Waals surface area contributed by atoms with Gasteiger partial charge in [0.2, 0.25) is 5.91 Å². The second-order valence-electron chi connectivity index (χ2n) is 4.22. The van der Waals surface area contributed by atoms with Crippen molar-refractivity contribution < 1.29 is 9.18 Å². The lowest BCUT2D eigenvalue weighted by Crippen LogP contribution is -2.15. The van der Waals surface area contributed by atoms with Gasteiger partial charge in [0, 0.05) is 0 Å². The predicted molar refractivity (Wildman–Crippen MR) is 72.1 cm³/mol. The minimum Gasteiger partial charge on any atom is -0.397 e. The summed E-state index contributed by atoms with van der Waals surface area (Å²) in [5, 5.41) is 2.67. The zero-order valence-electron chi connectivity index (χ0n) is 10.5. The molecule has 0 aliphatic heterocycles. The molecule has 0 aliphatic carbocycles. The Balaban J connectivity index is 2.01. The monoisotopic (exact) mass is 259 g/mol. The quantitative estimate of drug-likeness (QED) is 0.888. The summed E-state index contributed by atoms with van der Waals surface area (Å²) in [6, 6.07) is 9.15. The van der Waals surface area contributed by atoms with E-state index in [0.29, 0.717) is 17.2 Å². The van der Waals surface area contributed by atoms with E-state index in [4.69, 9.17) is 5.73 Å². The number of nitrogen functional groups attached to an aromatic ring is 1. The molecule has 0 atom stereocenters. The second-order valence-corrected chi connectivity index (χ2v) is 4.22. The van der Waals surface area contributed by atoms with Crippen LogP contribution in [-0.2, 0) is 11.2 Å². The molecule has 0 bridgehead atoms. The SMILES string of the molecule is Cc1nc(NC(=O)Cc2ccc(F)cc2)ccc1N. The highest BCUT2D eigenvalue weighted by Gasteiger charge is 2.06. The van der Waals surface area contributed by atoms with E-state index >= 15 is 0 Å². The minimum absolute atomic E-state index is 0.172. The first-order chi connectivity index (χ1) is 9.04. The molecular formula is C14H14FN3O. The van der Waals surface area contributed by atoms with Gasteiger partial charge in [0.1, 0.15) is 11.6 Å². The number of carbonyl (C=O) groups excluding carboxylic acids is 1. The Kier molecular flexibility index (Phi) is 3.75. The lowest BCUT2D eigenvalue weighted by molar-refractivity contribution is -0.115. The fourth-order valence-corrected chi connectivity index (χ4v) is 1.62. The highest BCUT2D eigenvalue weighted by atomic mass is 19.1. The van der Waals surface area contributed by atoms with Crippen LogP contribution in [0.15, 0.2) is 36.4 Å². The van der Waals surface area contributed by atoms with Gasteiger partial charge in [-0.05, 0) is 36.8 Å². The Morgan fingerprint density at radius 1 is 1.26 bits per heavy atom. The average Bonchev–Trinajstić information content (AvgIpc) is 2.37. The maximum Gasteiger partial charge on any atom is 0.229 e. The summed E-state index contributed by atoms with van der Waals surface area (Å²) < 4.78 is 12.7. The van der Waals surface area contributed by atoms with Crippen LogP contribution < -0.4 is 11.1 Å². The van der Waals surface area contributed by atoms with Crippen LogP contribution in [0.3, 0.4) is 0 Å². The molecule has 19 heavy (non-hydrogen) atoms. The number of nitrogens with two attached hydrogens (primary N) is 1. The fourth-order valence-electron chi connectivity index (χ4n) is 1.62. The maximum absolute atomic E-state index is 12.7. The lowest BCUT2D eigenvalue weighted by Gasteiger charge is -2.06. The fraction of sp³-hybridized carbons (Fsp3) is 0.143. The van der Waals surface area contributed by atoms with E-state index in [9.17, 15) is 9.18 Å². The van der Waals surface area contributed by atoms with E-state index in [0.717, 1.165) is 5.56 Å². The van der Waals surface area contributed by atoms with Crippen molar-refractivity contribution in [3.05, 3.63) is 53.5 Å². The molecule has 2 rings (SSSR count). The molecule has 98 valence electrons. The number of aryl methyl sites for hydroxylation is 1. The Morgan fingerprint density at radius 3 is 2.58 bits per heavy atom. The van der Waals surface area contributed by atoms with E-state index in [2.05, 4.69) is 10.3 Å². The van der Waals surface area contributed by atoms with Crippen molar-refractivity contribution in [2.45, 2.75) is 13.3 Å². The van der Waals surface area contributed by atoms with Crippen molar-refractivity contribution in [1.82, 2.24) is 4.98 Å². The van der Waals surface area contributed by atoms with E-state index in [1.807, 2.05) is 0 Å². The highest BCUT2D eigenvalue weighted by Crippen LogP contribution is 2.12. The normalized spacial score (nSPS) is 10.2. The summed E-state index contributed by atoms with van der Waals surface area (Å²) in [7, 11) is 0. The molecule has 0 saturated carbocycles. The van der Waals surface area contributed by atoms with Gasteiger partial charge in [-0.15, -0.1) is 0 Å². The summed E-state index contributed by atoms with van der Waals surface area (Å²) in [4.78, 5) is 15.9. The number of aromatic nitrogens is 1. The van der Waals surface area contributed by atoms with Crippen LogP contribution in [0.2, 0.25) is 0 Å². The smallest absolute Gasteiger partial charge is 0.229 e. The molecule has 5 heteroatoms. The van der Waals surface area contributed by atoms with Crippen molar-refractivity contribution in [3.63, 3.8) is 0 Å². The van der Waals surface area contributed by atoms with Gasteiger partial charge >= 0.3 is 0 Å². The van der Waals surface area contributed by atoms with Crippen LogP contribution >= 0.6 is 0 Å². The predicted octanol–water partition coefficient (Wildman–Crippen LogP) is 2.29. The van der Waals surface area contributed by atoms with Crippen molar-refractivity contribution in [2.24, 2.45) is 0 Å². The first-order valence-corrected chi connectivity index (χ1v) is 5.82. The van der Waals surface area contributed by atoms with Gasteiger partial charge in [-0.25, -0.2) is 9.37 Å². The summed E-state index contributed by atoms with van der Waals surface area (Å²) in [6.07, 6.45) is 0.172. The van der Waals surface area contributed by atoms with Gasteiger partial charge in [0.25, 0.3) is 0 Å². The van der Waals surface area contributed by atoms with Crippen molar-refractivity contribution in [2.75, 3.05) is 11.1 Å². The number of amides is 1. The summed E-state index contributed by atoms with van der Waals surface area (Å²) in [5.41, 5.74) is 7.63. The van der Waals surface area contributed by atoms with Gasteiger partial charge < -0.3 is 11.1 Å². The summed E-state index contributed by atoms with van der Waals surface area (Å²) in [6.45, 7) is 1.77. The number of nitrogens with zero attached hydrogens (tertiary/aromatic N) is 1. The zero-order chi connectivity index (χ0) is 13.8. The number of pyridine rings is 1. The summed E-state index contributed by atoms with van der Waals surface area (Å²) in [5.74, 6) is -0.0675.